The number of aromatic nitrogens is 1. The molecule has 0 fully saturated rings. The van der Waals surface area contributed by atoms with Gasteiger partial charge in [-0.3, -0.25) is 9.78 Å². The van der Waals surface area contributed by atoms with Crippen LogP contribution in [0.4, 0.5) is 0 Å². The minimum Gasteiger partial charge on any atom is -0.334 e. The van der Waals surface area contributed by atoms with E-state index in [1.54, 1.807) is 12.3 Å². The molecule has 136 valence electrons. The molecule has 1 heterocycles. The number of hydrogen-bond donors (Lipinski definition) is 0. The Hall–Kier alpha value is -3.20. The van der Waals surface area contributed by atoms with Crippen molar-refractivity contribution in [2.45, 2.75) is 19.9 Å². The second-order valence-electron chi connectivity index (χ2n) is 6.56. The van der Waals surface area contributed by atoms with E-state index in [1.165, 1.54) is 5.56 Å². The number of hydrogen-bond acceptors (Lipinski definition) is 2. The second kappa shape index (κ2) is 9.48. The van der Waals surface area contributed by atoms with Gasteiger partial charge in [-0.05, 0) is 36.3 Å². The van der Waals surface area contributed by atoms with Crippen molar-refractivity contribution in [2.75, 3.05) is 6.54 Å². The monoisotopic (exact) mass is 356 g/mol. The van der Waals surface area contributed by atoms with Crippen LogP contribution < -0.4 is 0 Å². The van der Waals surface area contributed by atoms with E-state index < -0.39 is 0 Å². The van der Waals surface area contributed by atoms with Gasteiger partial charge in [0.2, 0.25) is 5.91 Å². The zero-order valence-electron chi connectivity index (χ0n) is 15.6. The van der Waals surface area contributed by atoms with Crippen molar-refractivity contribution in [3.63, 3.8) is 0 Å². The normalized spacial score (nSPS) is 10.9. The van der Waals surface area contributed by atoms with Crippen LogP contribution in [0.1, 0.15) is 22.4 Å². The van der Waals surface area contributed by atoms with Gasteiger partial charge >= 0.3 is 0 Å². The highest BCUT2D eigenvalue weighted by molar-refractivity contribution is 5.91. The van der Waals surface area contributed by atoms with Crippen LogP contribution in [0.2, 0.25) is 0 Å². The number of rotatable bonds is 7. The van der Waals surface area contributed by atoms with Gasteiger partial charge in [-0.2, -0.15) is 0 Å². The maximum absolute atomic E-state index is 12.8. The quantitative estimate of drug-likeness (QED) is 0.576. The van der Waals surface area contributed by atoms with Crippen molar-refractivity contribution in [2.24, 2.45) is 0 Å². The molecule has 3 rings (SSSR count). The number of carbonyl (C=O) groups is 1. The number of aryl methyl sites for hydroxylation is 1. The van der Waals surface area contributed by atoms with Crippen LogP contribution in [0.3, 0.4) is 0 Å². The first-order chi connectivity index (χ1) is 13.2. The largest absolute Gasteiger partial charge is 0.334 e. The fourth-order valence-electron chi connectivity index (χ4n) is 2.82. The number of pyridine rings is 1. The summed E-state index contributed by atoms with van der Waals surface area (Å²) in [6.45, 7) is 3.27. The molecule has 0 spiro atoms. The molecular weight excluding hydrogens is 332 g/mol. The third kappa shape index (κ3) is 5.93. The van der Waals surface area contributed by atoms with E-state index >= 15 is 0 Å². The average Bonchev–Trinajstić information content (AvgIpc) is 2.72. The molecule has 1 amide bonds. The van der Waals surface area contributed by atoms with Crippen molar-refractivity contribution in [1.82, 2.24) is 9.88 Å². The zero-order chi connectivity index (χ0) is 18.9. The van der Waals surface area contributed by atoms with Gasteiger partial charge in [-0.25, -0.2) is 0 Å². The highest BCUT2D eigenvalue weighted by Crippen LogP contribution is 2.09. The summed E-state index contributed by atoms with van der Waals surface area (Å²) in [5.41, 5.74) is 4.35. The summed E-state index contributed by atoms with van der Waals surface area (Å²) < 4.78 is 0. The van der Waals surface area contributed by atoms with Crippen molar-refractivity contribution in [3.8, 4) is 0 Å². The van der Waals surface area contributed by atoms with Gasteiger partial charge < -0.3 is 4.90 Å². The molecule has 3 nitrogen and oxygen atoms in total. The fourth-order valence-corrected chi connectivity index (χ4v) is 2.82. The van der Waals surface area contributed by atoms with Crippen molar-refractivity contribution in [3.05, 3.63) is 107 Å². The van der Waals surface area contributed by atoms with Gasteiger partial charge in [-0.1, -0.05) is 66.2 Å². The molecule has 0 saturated carbocycles. The predicted molar refractivity (Wildman–Crippen MR) is 110 cm³/mol. The molecule has 0 bridgehead atoms. The maximum atomic E-state index is 12.8. The van der Waals surface area contributed by atoms with E-state index in [0.29, 0.717) is 13.1 Å². The summed E-state index contributed by atoms with van der Waals surface area (Å²) in [7, 11) is 0. The van der Waals surface area contributed by atoms with Crippen molar-refractivity contribution >= 4 is 12.0 Å². The number of amides is 1. The summed E-state index contributed by atoms with van der Waals surface area (Å²) in [6, 6.07) is 24.1. The highest BCUT2D eigenvalue weighted by Gasteiger charge is 2.12. The topological polar surface area (TPSA) is 33.2 Å². The lowest BCUT2D eigenvalue weighted by molar-refractivity contribution is -0.126. The summed E-state index contributed by atoms with van der Waals surface area (Å²) in [5.74, 6) is 0.00959. The predicted octanol–water partition coefficient (Wildman–Crippen LogP) is 4.67. The van der Waals surface area contributed by atoms with Crippen LogP contribution in [0.25, 0.3) is 6.08 Å². The minimum atomic E-state index is 0.00959. The Labute approximate surface area is 161 Å². The molecule has 3 heteroatoms. The zero-order valence-corrected chi connectivity index (χ0v) is 15.6. The van der Waals surface area contributed by atoms with E-state index in [9.17, 15) is 4.79 Å². The smallest absolute Gasteiger partial charge is 0.246 e. The molecule has 0 atom stereocenters. The lowest BCUT2D eigenvalue weighted by atomic mass is 10.1. The third-order valence-corrected chi connectivity index (χ3v) is 4.39. The van der Waals surface area contributed by atoms with E-state index in [1.807, 2.05) is 83.8 Å². The van der Waals surface area contributed by atoms with Crippen LogP contribution in [0, 0.1) is 6.92 Å². The molecular formula is C24H24N2O. The van der Waals surface area contributed by atoms with E-state index in [-0.39, 0.29) is 5.91 Å². The lowest BCUT2D eigenvalue weighted by Crippen LogP contribution is -2.31. The Morgan fingerprint density at radius 3 is 2.41 bits per heavy atom. The molecule has 0 aliphatic rings. The number of benzene rings is 2. The van der Waals surface area contributed by atoms with Crippen LogP contribution >= 0.6 is 0 Å². The first-order valence-electron chi connectivity index (χ1n) is 9.18. The highest BCUT2D eigenvalue weighted by atomic mass is 16.2. The summed E-state index contributed by atoms with van der Waals surface area (Å²) >= 11 is 0. The van der Waals surface area contributed by atoms with Gasteiger partial charge in [0.1, 0.15) is 0 Å². The van der Waals surface area contributed by atoms with Crippen LogP contribution in [0.15, 0.2) is 85.1 Å². The molecule has 3 aromatic rings. The summed E-state index contributed by atoms with van der Waals surface area (Å²) in [4.78, 5) is 19.1. The second-order valence-corrected chi connectivity index (χ2v) is 6.56. The van der Waals surface area contributed by atoms with Crippen molar-refractivity contribution in [1.29, 1.82) is 0 Å². The lowest BCUT2D eigenvalue weighted by Gasteiger charge is -2.21. The van der Waals surface area contributed by atoms with E-state index in [2.05, 4.69) is 11.9 Å². The van der Waals surface area contributed by atoms with Crippen LogP contribution in [-0.4, -0.2) is 22.3 Å². The number of carbonyl (C=O) groups excluding carboxylic acids is 1. The molecule has 0 unspecified atom stereocenters. The fraction of sp³-hybridized carbons (Fsp3) is 0.167. The molecule has 2 aromatic carbocycles. The van der Waals surface area contributed by atoms with Crippen LogP contribution in [0.5, 0.6) is 0 Å². The maximum Gasteiger partial charge on any atom is 0.246 e. The average molecular weight is 356 g/mol. The molecule has 0 aliphatic heterocycles. The number of nitrogens with zero attached hydrogens (tertiary/aromatic N) is 2. The van der Waals surface area contributed by atoms with Crippen molar-refractivity contribution < 1.29 is 4.79 Å². The molecule has 0 radical (unpaired) electrons. The summed E-state index contributed by atoms with van der Waals surface area (Å²) in [5, 5.41) is 0. The van der Waals surface area contributed by atoms with Gasteiger partial charge in [0.15, 0.2) is 0 Å². The van der Waals surface area contributed by atoms with Gasteiger partial charge in [0.05, 0.1) is 0 Å². The molecule has 0 saturated heterocycles. The van der Waals surface area contributed by atoms with Crippen LogP contribution in [-0.2, 0) is 17.8 Å². The van der Waals surface area contributed by atoms with Gasteiger partial charge in [-0.15, -0.1) is 0 Å². The summed E-state index contributed by atoms with van der Waals surface area (Å²) in [6.07, 6.45) is 6.06. The van der Waals surface area contributed by atoms with Gasteiger partial charge in [0.25, 0.3) is 0 Å². The standard InChI is InChI=1S/C24H24N2O/c1-20-10-12-21(13-11-20)14-15-24(27)26(19-22-7-3-2-4-8-22)18-16-23-9-5-6-17-25-23/h2-15,17H,16,18-19H2,1H3/b15-14+. The minimum absolute atomic E-state index is 0.00959. The molecule has 1 aromatic heterocycles. The van der Waals surface area contributed by atoms with E-state index in [4.69, 9.17) is 0 Å². The molecule has 27 heavy (non-hydrogen) atoms. The van der Waals surface area contributed by atoms with Gasteiger partial charge in [0, 0.05) is 37.5 Å². The Morgan fingerprint density at radius 2 is 1.70 bits per heavy atom. The SMILES string of the molecule is Cc1ccc(/C=C/C(=O)N(CCc2ccccn2)Cc2ccccc2)cc1. The first-order valence-corrected chi connectivity index (χ1v) is 9.18. The Bertz CT molecular complexity index is 871. The Morgan fingerprint density at radius 1 is 0.963 bits per heavy atom. The molecule has 0 N–H and O–H groups in total. The van der Waals surface area contributed by atoms with E-state index in [0.717, 1.165) is 23.2 Å². The Balaban J connectivity index is 1.71. The Kier molecular flexibility index (Phi) is 6.53. The molecule has 0 aliphatic carbocycles. The third-order valence-electron chi connectivity index (χ3n) is 4.39. The first kappa shape index (κ1) is 18.6.